The molecule has 0 radical (unpaired) electrons. The first-order valence-corrected chi connectivity index (χ1v) is 5.32. The number of nitro groups is 1. The number of rotatable bonds is 5. The highest BCUT2D eigenvalue weighted by molar-refractivity contribution is 5.91. The van der Waals surface area contributed by atoms with Gasteiger partial charge in [-0.1, -0.05) is 0 Å². The van der Waals surface area contributed by atoms with E-state index in [9.17, 15) is 19.7 Å². The first kappa shape index (κ1) is 13.3. The molecule has 2 aromatic rings. The number of nitrogens with zero attached hydrogens (tertiary/aromatic N) is 1. The van der Waals surface area contributed by atoms with Crippen molar-refractivity contribution >= 4 is 17.8 Å². The van der Waals surface area contributed by atoms with Crippen molar-refractivity contribution in [1.82, 2.24) is 5.32 Å². The number of carboxylic acids is 1. The van der Waals surface area contributed by atoms with Crippen LogP contribution >= 0.6 is 0 Å². The van der Waals surface area contributed by atoms with Gasteiger partial charge in [0.05, 0.1) is 12.6 Å². The zero-order chi connectivity index (χ0) is 14.7. The predicted molar refractivity (Wildman–Crippen MR) is 62.2 cm³/mol. The molecule has 0 saturated carbocycles. The van der Waals surface area contributed by atoms with E-state index >= 15 is 0 Å². The maximum atomic E-state index is 11.6. The van der Waals surface area contributed by atoms with Crippen LogP contribution in [0.25, 0.3) is 0 Å². The number of carboxylic acid groups (broad SMARTS) is 1. The van der Waals surface area contributed by atoms with Gasteiger partial charge in [-0.3, -0.25) is 14.9 Å². The molecule has 0 aliphatic carbocycles. The highest BCUT2D eigenvalue weighted by Crippen LogP contribution is 2.15. The molecule has 0 bridgehead atoms. The number of amides is 1. The van der Waals surface area contributed by atoms with E-state index in [1.165, 1.54) is 12.1 Å². The lowest BCUT2D eigenvalue weighted by atomic mass is 10.4. The lowest BCUT2D eigenvalue weighted by Crippen LogP contribution is -2.21. The molecule has 0 saturated heterocycles. The Labute approximate surface area is 110 Å². The number of aromatic carboxylic acids is 1. The monoisotopic (exact) mass is 280 g/mol. The average molecular weight is 280 g/mol. The summed E-state index contributed by atoms with van der Waals surface area (Å²) < 4.78 is 9.62. The van der Waals surface area contributed by atoms with E-state index in [0.29, 0.717) is 0 Å². The molecule has 2 aromatic heterocycles. The maximum absolute atomic E-state index is 11.6. The Hall–Kier alpha value is -3.10. The number of nitrogens with one attached hydrogen (secondary N) is 1. The van der Waals surface area contributed by atoms with Crippen LogP contribution in [0.5, 0.6) is 0 Å². The summed E-state index contributed by atoms with van der Waals surface area (Å²) >= 11 is 0. The van der Waals surface area contributed by atoms with E-state index in [1.807, 2.05) is 0 Å². The largest absolute Gasteiger partial charge is 0.475 e. The molecule has 2 N–H and O–H groups in total. The van der Waals surface area contributed by atoms with Crippen molar-refractivity contribution in [2.24, 2.45) is 0 Å². The minimum atomic E-state index is -1.22. The summed E-state index contributed by atoms with van der Waals surface area (Å²) in [6, 6.07) is 4.87. The summed E-state index contributed by atoms with van der Waals surface area (Å²) in [6.07, 6.45) is 0. The van der Waals surface area contributed by atoms with Gasteiger partial charge in [-0.25, -0.2) is 4.79 Å². The maximum Gasteiger partial charge on any atom is 0.433 e. The Morgan fingerprint density at radius 3 is 2.45 bits per heavy atom. The van der Waals surface area contributed by atoms with Crippen LogP contribution in [-0.4, -0.2) is 21.9 Å². The normalized spacial score (nSPS) is 10.2. The number of hydrogen-bond acceptors (Lipinski definition) is 6. The van der Waals surface area contributed by atoms with Gasteiger partial charge in [0.15, 0.2) is 5.76 Å². The van der Waals surface area contributed by atoms with E-state index in [-0.39, 0.29) is 23.8 Å². The molecule has 0 aliphatic heterocycles. The van der Waals surface area contributed by atoms with Crippen LogP contribution < -0.4 is 5.32 Å². The third-order valence-electron chi connectivity index (χ3n) is 2.29. The van der Waals surface area contributed by atoms with Crippen LogP contribution in [0, 0.1) is 10.1 Å². The van der Waals surface area contributed by atoms with Gasteiger partial charge in [-0.15, -0.1) is 0 Å². The van der Waals surface area contributed by atoms with Gasteiger partial charge < -0.3 is 19.3 Å². The van der Waals surface area contributed by atoms with Crippen LogP contribution in [0.1, 0.15) is 26.9 Å². The summed E-state index contributed by atoms with van der Waals surface area (Å²) in [5, 5.41) is 21.4. The second-order valence-electron chi connectivity index (χ2n) is 3.65. The first-order chi connectivity index (χ1) is 9.47. The summed E-state index contributed by atoms with van der Waals surface area (Å²) in [5.41, 5.74) is 0. The molecule has 0 fully saturated rings. The van der Waals surface area contributed by atoms with Gasteiger partial charge in [0.2, 0.25) is 5.76 Å². The summed E-state index contributed by atoms with van der Waals surface area (Å²) in [6.45, 7) is -0.0688. The lowest BCUT2D eigenvalue weighted by Gasteiger charge is -1.99. The van der Waals surface area contributed by atoms with Crippen molar-refractivity contribution in [2.45, 2.75) is 6.54 Å². The molecule has 0 atom stereocenters. The molecule has 2 heterocycles. The molecule has 9 heteroatoms. The molecule has 0 aliphatic rings. The smallest absolute Gasteiger partial charge is 0.433 e. The topological polar surface area (TPSA) is 136 Å². The zero-order valence-electron chi connectivity index (χ0n) is 9.86. The van der Waals surface area contributed by atoms with E-state index in [1.54, 1.807) is 0 Å². The lowest BCUT2D eigenvalue weighted by molar-refractivity contribution is -0.402. The van der Waals surface area contributed by atoms with Crippen molar-refractivity contribution in [3.05, 3.63) is 51.7 Å². The number of carbonyl (C=O) groups excluding carboxylic acids is 1. The standard InChI is InChI=1S/C11H8N2O7/c14-10(7-3-4-9(20-7)13(17)18)12-5-6-1-2-8(19-6)11(15)16/h1-4H,5H2,(H,12,14)(H,15,16). The summed E-state index contributed by atoms with van der Waals surface area (Å²) in [4.78, 5) is 31.8. The minimum Gasteiger partial charge on any atom is -0.475 e. The zero-order valence-corrected chi connectivity index (χ0v) is 9.86. The Bertz CT molecular complexity index is 670. The fourth-order valence-corrected chi connectivity index (χ4v) is 1.39. The molecule has 9 nitrogen and oxygen atoms in total. The van der Waals surface area contributed by atoms with Gasteiger partial charge in [-0.2, -0.15) is 0 Å². The van der Waals surface area contributed by atoms with Gasteiger partial charge >= 0.3 is 11.9 Å². The van der Waals surface area contributed by atoms with Crippen LogP contribution in [0.15, 0.2) is 33.1 Å². The van der Waals surface area contributed by atoms with E-state index < -0.39 is 22.7 Å². The molecule has 104 valence electrons. The SMILES string of the molecule is O=C(O)c1ccc(CNC(=O)c2ccc([N+](=O)[O-])o2)o1. The Morgan fingerprint density at radius 1 is 1.20 bits per heavy atom. The highest BCUT2D eigenvalue weighted by atomic mass is 16.6. The Morgan fingerprint density at radius 2 is 1.90 bits per heavy atom. The summed E-state index contributed by atoms with van der Waals surface area (Å²) in [7, 11) is 0. The average Bonchev–Trinajstić information content (AvgIpc) is 3.05. The predicted octanol–water partition coefficient (Wildman–Crippen LogP) is 1.41. The molecule has 1 amide bonds. The third kappa shape index (κ3) is 2.83. The third-order valence-corrected chi connectivity index (χ3v) is 2.29. The van der Waals surface area contributed by atoms with E-state index in [0.717, 1.165) is 12.1 Å². The van der Waals surface area contributed by atoms with Gasteiger partial charge in [0.25, 0.3) is 5.91 Å². The van der Waals surface area contributed by atoms with Crippen LogP contribution in [-0.2, 0) is 6.54 Å². The molecule has 0 spiro atoms. The fraction of sp³-hybridized carbons (Fsp3) is 0.0909. The first-order valence-electron chi connectivity index (χ1n) is 5.32. The Kier molecular flexibility index (Phi) is 3.51. The van der Waals surface area contributed by atoms with Crippen molar-refractivity contribution in [1.29, 1.82) is 0 Å². The van der Waals surface area contributed by atoms with Crippen molar-refractivity contribution in [3.8, 4) is 0 Å². The number of hydrogen-bond donors (Lipinski definition) is 2. The molecular weight excluding hydrogens is 272 g/mol. The molecular formula is C11H8N2O7. The quantitative estimate of drug-likeness (QED) is 0.624. The van der Waals surface area contributed by atoms with E-state index in [4.69, 9.17) is 13.9 Å². The van der Waals surface area contributed by atoms with Gasteiger partial charge in [-0.05, 0) is 18.2 Å². The highest BCUT2D eigenvalue weighted by Gasteiger charge is 2.17. The Balaban J connectivity index is 1.97. The molecule has 20 heavy (non-hydrogen) atoms. The second kappa shape index (κ2) is 5.26. The summed E-state index contributed by atoms with van der Waals surface area (Å²) in [5.74, 6) is -2.67. The van der Waals surface area contributed by atoms with Crippen LogP contribution in [0.4, 0.5) is 5.88 Å². The number of furan rings is 2. The fourth-order valence-electron chi connectivity index (χ4n) is 1.39. The van der Waals surface area contributed by atoms with Gasteiger partial charge in [0.1, 0.15) is 10.7 Å². The molecule has 0 unspecified atom stereocenters. The molecule has 0 aromatic carbocycles. The van der Waals surface area contributed by atoms with Gasteiger partial charge in [0, 0.05) is 0 Å². The molecule has 2 rings (SSSR count). The van der Waals surface area contributed by atoms with E-state index in [2.05, 4.69) is 5.32 Å². The van der Waals surface area contributed by atoms with Crippen molar-refractivity contribution in [3.63, 3.8) is 0 Å². The van der Waals surface area contributed by atoms with Crippen LogP contribution in [0.2, 0.25) is 0 Å². The van der Waals surface area contributed by atoms with Crippen molar-refractivity contribution < 1.29 is 28.5 Å². The second-order valence-corrected chi connectivity index (χ2v) is 3.65. The minimum absolute atomic E-state index is 0.0688. The number of carbonyl (C=O) groups is 2. The van der Waals surface area contributed by atoms with Crippen molar-refractivity contribution in [2.75, 3.05) is 0 Å². The van der Waals surface area contributed by atoms with Crippen LogP contribution in [0.3, 0.4) is 0 Å².